The van der Waals surface area contributed by atoms with Gasteiger partial charge in [0.15, 0.2) is 11.2 Å². The van der Waals surface area contributed by atoms with E-state index in [1.54, 1.807) is 48.2 Å². The van der Waals surface area contributed by atoms with Crippen LogP contribution in [0.2, 0.25) is 0 Å². The summed E-state index contributed by atoms with van der Waals surface area (Å²) in [6.07, 6.45) is 2.32. The van der Waals surface area contributed by atoms with Crippen LogP contribution >= 0.6 is 0 Å². The van der Waals surface area contributed by atoms with E-state index in [0.29, 0.717) is 29.0 Å². The van der Waals surface area contributed by atoms with E-state index in [2.05, 4.69) is 15.3 Å². The van der Waals surface area contributed by atoms with Gasteiger partial charge in [0.1, 0.15) is 17.1 Å². The van der Waals surface area contributed by atoms with E-state index in [1.165, 1.54) is 16.7 Å². The van der Waals surface area contributed by atoms with Gasteiger partial charge in [-0.2, -0.15) is 5.10 Å². The van der Waals surface area contributed by atoms with Crippen molar-refractivity contribution < 1.29 is 9.13 Å². The highest BCUT2D eigenvalue weighted by atomic mass is 19.1. The molecular weight excluding hydrogens is 397 g/mol. The molecule has 0 radical (unpaired) electrons. The minimum atomic E-state index is -0.326. The van der Waals surface area contributed by atoms with E-state index >= 15 is 0 Å². The minimum Gasteiger partial charge on any atom is -0.495 e. The van der Waals surface area contributed by atoms with Crippen LogP contribution in [0.1, 0.15) is 12.6 Å². The summed E-state index contributed by atoms with van der Waals surface area (Å²) >= 11 is 0. The summed E-state index contributed by atoms with van der Waals surface area (Å²) in [5, 5.41) is 13.3. The van der Waals surface area contributed by atoms with Gasteiger partial charge >= 0.3 is 0 Å². The third-order valence-corrected chi connectivity index (χ3v) is 5.26. The molecule has 0 amide bonds. The fourth-order valence-corrected chi connectivity index (χ4v) is 3.77. The first-order valence-corrected chi connectivity index (χ1v) is 9.81. The molecule has 0 aliphatic carbocycles. The fourth-order valence-electron chi connectivity index (χ4n) is 3.77. The van der Waals surface area contributed by atoms with E-state index in [9.17, 15) is 9.18 Å². The Morgan fingerprint density at radius 1 is 1.03 bits per heavy atom. The summed E-state index contributed by atoms with van der Waals surface area (Å²) in [6.45, 7) is 1.99. The van der Waals surface area contributed by atoms with Crippen LogP contribution in [0, 0.1) is 5.82 Å². The number of para-hydroxylation sites is 2. The van der Waals surface area contributed by atoms with Crippen LogP contribution in [0.4, 0.5) is 4.39 Å². The molecule has 31 heavy (non-hydrogen) atoms. The van der Waals surface area contributed by atoms with Crippen LogP contribution in [0.15, 0.2) is 65.6 Å². The van der Waals surface area contributed by atoms with Gasteiger partial charge in [-0.1, -0.05) is 31.2 Å². The molecule has 0 unspecified atom stereocenters. The van der Waals surface area contributed by atoms with Crippen molar-refractivity contribution in [2.75, 3.05) is 7.11 Å². The first-order valence-electron chi connectivity index (χ1n) is 9.81. The highest BCUT2D eigenvalue weighted by molar-refractivity contribution is 5.84. The van der Waals surface area contributed by atoms with Gasteiger partial charge in [0.05, 0.1) is 24.1 Å². The van der Waals surface area contributed by atoms with E-state index in [0.717, 1.165) is 16.8 Å². The van der Waals surface area contributed by atoms with Gasteiger partial charge in [0.2, 0.25) is 0 Å². The molecule has 7 nitrogen and oxygen atoms in total. The van der Waals surface area contributed by atoms with Crippen molar-refractivity contribution in [1.82, 2.24) is 24.4 Å². The average Bonchev–Trinajstić information content (AvgIpc) is 3.19. The molecule has 5 rings (SSSR count). The SMILES string of the molecule is CCc1nn2c(nnc3c(=O)n(-c4ccccc4OC)ccc32)c1-c1ccc(F)cc1. The van der Waals surface area contributed by atoms with Crippen LogP contribution in [0.3, 0.4) is 0 Å². The lowest BCUT2D eigenvalue weighted by Gasteiger charge is -2.11. The number of halogens is 1. The summed E-state index contributed by atoms with van der Waals surface area (Å²) in [6, 6.07) is 15.2. The number of ether oxygens (including phenoxy) is 1. The highest BCUT2D eigenvalue weighted by Crippen LogP contribution is 2.29. The maximum Gasteiger partial charge on any atom is 0.285 e. The monoisotopic (exact) mass is 415 g/mol. The van der Waals surface area contributed by atoms with Crippen molar-refractivity contribution in [2.24, 2.45) is 0 Å². The van der Waals surface area contributed by atoms with E-state index in [1.807, 2.05) is 19.1 Å². The third-order valence-electron chi connectivity index (χ3n) is 5.26. The molecule has 2 aromatic carbocycles. The minimum absolute atomic E-state index is 0.191. The molecule has 0 bridgehead atoms. The van der Waals surface area contributed by atoms with Crippen molar-refractivity contribution >= 4 is 16.7 Å². The molecule has 0 N–H and O–H groups in total. The van der Waals surface area contributed by atoms with Crippen LogP contribution in [0.5, 0.6) is 5.75 Å². The number of aryl methyl sites for hydroxylation is 1. The predicted octanol–water partition coefficient (Wildman–Crippen LogP) is 3.81. The van der Waals surface area contributed by atoms with Gasteiger partial charge < -0.3 is 4.74 Å². The highest BCUT2D eigenvalue weighted by Gasteiger charge is 2.19. The maximum atomic E-state index is 13.4. The molecule has 154 valence electrons. The Hall–Kier alpha value is -4.07. The molecule has 3 aromatic heterocycles. The second-order valence-corrected chi connectivity index (χ2v) is 7.01. The smallest absolute Gasteiger partial charge is 0.285 e. The summed E-state index contributed by atoms with van der Waals surface area (Å²) in [7, 11) is 1.56. The third kappa shape index (κ3) is 2.95. The predicted molar refractivity (Wildman–Crippen MR) is 115 cm³/mol. The standard InChI is InChI=1S/C23H18FN5O2/c1-3-16-20(14-8-10-15(24)11-9-14)22-26-25-21-18(29(22)27-16)12-13-28(23(21)30)17-6-4-5-7-19(17)31-2/h4-13H,3H2,1-2H3. The van der Waals surface area contributed by atoms with Crippen molar-refractivity contribution in [2.45, 2.75) is 13.3 Å². The molecule has 8 heteroatoms. The molecule has 0 saturated heterocycles. The molecular formula is C23H18FN5O2. The first-order chi connectivity index (χ1) is 15.1. The lowest BCUT2D eigenvalue weighted by atomic mass is 10.0. The Bertz CT molecular complexity index is 1490. The summed E-state index contributed by atoms with van der Waals surface area (Å²) in [5.41, 5.74) is 3.91. The van der Waals surface area contributed by atoms with E-state index in [-0.39, 0.29) is 16.9 Å². The number of hydrogen-bond donors (Lipinski definition) is 0. The number of hydrogen-bond acceptors (Lipinski definition) is 5. The van der Waals surface area contributed by atoms with Crippen molar-refractivity contribution in [3.63, 3.8) is 0 Å². The number of benzene rings is 2. The summed E-state index contributed by atoms with van der Waals surface area (Å²) < 4.78 is 21.9. The zero-order valence-electron chi connectivity index (χ0n) is 16.9. The van der Waals surface area contributed by atoms with Crippen molar-refractivity contribution in [3.8, 4) is 22.6 Å². The number of pyridine rings is 1. The molecule has 0 aliphatic rings. The van der Waals surface area contributed by atoms with Gasteiger partial charge in [-0.3, -0.25) is 9.36 Å². The van der Waals surface area contributed by atoms with Gasteiger partial charge in [-0.15, -0.1) is 10.2 Å². The Morgan fingerprint density at radius 3 is 2.55 bits per heavy atom. The van der Waals surface area contributed by atoms with E-state index in [4.69, 9.17) is 4.74 Å². The molecule has 0 fully saturated rings. The number of fused-ring (bicyclic) bond motifs is 3. The molecule has 0 spiro atoms. The largest absolute Gasteiger partial charge is 0.495 e. The fraction of sp³-hybridized carbons (Fsp3) is 0.130. The Kier molecular flexibility index (Phi) is 4.47. The van der Waals surface area contributed by atoms with Crippen LogP contribution in [-0.2, 0) is 6.42 Å². The zero-order valence-corrected chi connectivity index (χ0v) is 16.9. The normalized spacial score (nSPS) is 11.3. The molecule has 0 atom stereocenters. The molecule has 3 heterocycles. The van der Waals surface area contributed by atoms with Gasteiger partial charge in [-0.25, -0.2) is 8.91 Å². The van der Waals surface area contributed by atoms with Crippen molar-refractivity contribution in [1.29, 1.82) is 0 Å². The number of nitrogens with zero attached hydrogens (tertiary/aromatic N) is 5. The molecule has 0 aliphatic heterocycles. The lowest BCUT2D eigenvalue weighted by Crippen LogP contribution is -2.20. The maximum absolute atomic E-state index is 13.4. The lowest BCUT2D eigenvalue weighted by molar-refractivity contribution is 0.412. The summed E-state index contributed by atoms with van der Waals surface area (Å²) in [4.78, 5) is 13.2. The van der Waals surface area contributed by atoms with Gasteiger partial charge in [-0.05, 0) is 42.3 Å². The van der Waals surface area contributed by atoms with Gasteiger partial charge in [0.25, 0.3) is 5.56 Å². The van der Waals surface area contributed by atoms with Crippen LogP contribution < -0.4 is 10.3 Å². The number of methoxy groups -OCH3 is 1. The molecule has 5 aromatic rings. The van der Waals surface area contributed by atoms with Crippen LogP contribution in [0.25, 0.3) is 33.5 Å². The first kappa shape index (κ1) is 18.9. The topological polar surface area (TPSA) is 74.3 Å². The number of rotatable bonds is 4. The quantitative estimate of drug-likeness (QED) is 0.446. The second kappa shape index (κ2) is 7.32. The number of aromatic nitrogens is 5. The summed E-state index contributed by atoms with van der Waals surface area (Å²) in [5.74, 6) is 0.260. The van der Waals surface area contributed by atoms with Crippen LogP contribution in [-0.4, -0.2) is 31.5 Å². The Morgan fingerprint density at radius 2 is 1.81 bits per heavy atom. The van der Waals surface area contributed by atoms with E-state index < -0.39 is 0 Å². The Balaban J connectivity index is 1.78. The average molecular weight is 415 g/mol. The van der Waals surface area contributed by atoms with Gasteiger partial charge in [0, 0.05) is 6.20 Å². The Labute approximate surface area is 176 Å². The molecule has 0 saturated carbocycles. The zero-order chi connectivity index (χ0) is 21.5. The van der Waals surface area contributed by atoms with Crippen molar-refractivity contribution in [3.05, 3.63) is 82.7 Å². The second-order valence-electron chi connectivity index (χ2n) is 7.01.